The first-order valence-corrected chi connectivity index (χ1v) is 7.88. The molecule has 1 aromatic rings. The van der Waals surface area contributed by atoms with Crippen LogP contribution in [0.1, 0.15) is 61.0 Å². The maximum atomic E-state index is 13.1. The molecule has 3 aliphatic rings. The summed E-state index contributed by atoms with van der Waals surface area (Å²) < 4.78 is 27.5. The number of aryl methyl sites for hydroxylation is 1. The SMILES string of the molecule is Cn1cc(C(=O)N2C3CCC2CC(=C2CC2)C3)c(C(F)F)n1. The summed E-state index contributed by atoms with van der Waals surface area (Å²) in [6.45, 7) is 0. The van der Waals surface area contributed by atoms with Gasteiger partial charge in [0.1, 0.15) is 5.69 Å². The van der Waals surface area contributed by atoms with Gasteiger partial charge in [-0.2, -0.15) is 5.10 Å². The lowest BCUT2D eigenvalue weighted by Crippen LogP contribution is -2.45. The van der Waals surface area contributed by atoms with E-state index in [0.29, 0.717) is 0 Å². The van der Waals surface area contributed by atoms with Crippen LogP contribution in [-0.2, 0) is 7.05 Å². The molecule has 22 heavy (non-hydrogen) atoms. The van der Waals surface area contributed by atoms with Gasteiger partial charge in [0.2, 0.25) is 0 Å². The van der Waals surface area contributed by atoms with Gasteiger partial charge in [0.25, 0.3) is 12.3 Å². The van der Waals surface area contributed by atoms with E-state index in [0.717, 1.165) is 25.7 Å². The normalized spacial score (nSPS) is 27.0. The Hall–Kier alpha value is -1.72. The maximum absolute atomic E-state index is 13.1. The molecule has 2 bridgehead atoms. The fraction of sp³-hybridized carbons (Fsp3) is 0.625. The Morgan fingerprint density at radius 3 is 2.41 bits per heavy atom. The van der Waals surface area contributed by atoms with Crippen LogP contribution in [0.4, 0.5) is 8.78 Å². The second kappa shape index (κ2) is 4.89. The molecule has 3 fully saturated rings. The topological polar surface area (TPSA) is 38.1 Å². The molecule has 2 aliphatic heterocycles. The molecule has 0 N–H and O–H groups in total. The molecule has 6 heteroatoms. The van der Waals surface area contributed by atoms with Crippen LogP contribution in [0.25, 0.3) is 0 Å². The van der Waals surface area contributed by atoms with Gasteiger partial charge in [-0.05, 0) is 38.5 Å². The van der Waals surface area contributed by atoms with Crippen molar-refractivity contribution in [2.24, 2.45) is 7.05 Å². The number of amides is 1. The Balaban J connectivity index is 1.63. The zero-order chi connectivity index (χ0) is 15.4. The van der Waals surface area contributed by atoms with Crippen LogP contribution in [0.3, 0.4) is 0 Å². The molecular formula is C16H19F2N3O. The lowest BCUT2D eigenvalue weighted by Gasteiger charge is -2.36. The number of fused-ring (bicyclic) bond motifs is 2. The second-order valence-corrected chi connectivity index (χ2v) is 6.62. The summed E-state index contributed by atoms with van der Waals surface area (Å²) in [7, 11) is 1.57. The maximum Gasteiger partial charge on any atom is 0.282 e. The van der Waals surface area contributed by atoms with Crippen LogP contribution < -0.4 is 0 Å². The highest BCUT2D eigenvalue weighted by Crippen LogP contribution is 2.45. The predicted octanol–water partition coefficient (Wildman–Crippen LogP) is 3.22. The summed E-state index contributed by atoms with van der Waals surface area (Å²) in [4.78, 5) is 14.7. The van der Waals surface area contributed by atoms with Gasteiger partial charge in [0, 0.05) is 25.3 Å². The number of halogens is 2. The molecular weight excluding hydrogens is 288 g/mol. The number of hydrogen-bond donors (Lipinski definition) is 0. The molecule has 1 saturated carbocycles. The zero-order valence-corrected chi connectivity index (χ0v) is 12.6. The summed E-state index contributed by atoms with van der Waals surface area (Å²) in [5.74, 6) is -0.268. The predicted molar refractivity (Wildman–Crippen MR) is 76.6 cm³/mol. The van der Waals surface area contributed by atoms with Crippen LogP contribution in [0, 0.1) is 0 Å². The number of aromatic nitrogens is 2. The first-order chi connectivity index (χ1) is 10.5. The molecule has 2 unspecified atom stereocenters. The molecule has 0 radical (unpaired) electrons. The van der Waals surface area contributed by atoms with E-state index < -0.39 is 12.1 Å². The highest BCUT2D eigenvalue weighted by atomic mass is 19.3. The highest BCUT2D eigenvalue weighted by Gasteiger charge is 2.44. The fourth-order valence-electron chi connectivity index (χ4n) is 4.02. The Morgan fingerprint density at radius 2 is 1.86 bits per heavy atom. The summed E-state index contributed by atoms with van der Waals surface area (Å²) in [5.41, 5.74) is 2.77. The third-order valence-electron chi connectivity index (χ3n) is 5.11. The lowest BCUT2D eigenvalue weighted by molar-refractivity contribution is 0.0623. The van der Waals surface area contributed by atoms with Crippen molar-refractivity contribution < 1.29 is 13.6 Å². The molecule has 2 saturated heterocycles. The average molecular weight is 307 g/mol. The van der Waals surface area contributed by atoms with E-state index in [1.165, 1.54) is 29.3 Å². The van der Waals surface area contributed by atoms with Crippen molar-refractivity contribution in [2.75, 3.05) is 0 Å². The Morgan fingerprint density at radius 1 is 1.23 bits per heavy atom. The number of nitrogens with zero attached hydrogens (tertiary/aromatic N) is 3. The van der Waals surface area contributed by atoms with E-state index in [-0.39, 0.29) is 23.6 Å². The summed E-state index contributed by atoms with van der Waals surface area (Å²) in [6.07, 6.45) is 4.96. The third kappa shape index (κ3) is 2.16. The van der Waals surface area contributed by atoms with Crippen LogP contribution in [0.5, 0.6) is 0 Å². The largest absolute Gasteiger partial charge is 0.332 e. The molecule has 2 atom stereocenters. The van der Waals surface area contributed by atoms with Crippen molar-refractivity contribution in [3.8, 4) is 0 Å². The van der Waals surface area contributed by atoms with Crippen molar-refractivity contribution in [3.63, 3.8) is 0 Å². The molecule has 4 nitrogen and oxygen atoms in total. The van der Waals surface area contributed by atoms with Crippen LogP contribution in [-0.4, -0.2) is 32.7 Å². The van der Waals surface area contributed by atoms with Crippen molar-refractivity contribution >= 4 is 5.91 Å². The average Bonchev–Trinajstić information content (AvgIpc) is 3.20. The fourth-order valence-corrected chi connectivity index (χ4v) is 4.02. The first kappa shape index (κ1) is 13.9. The molecule has 4 rings (SSSR count). The van der Waals surface area contributed by atoms with Crippen LogP contribution in [0.2, 0.25) is 0 Å². The molecule has 1 aliphatic carbocycles. The number of carbonyl (C=O) groups is 1. The van der Waals surface area contributed by atoms with Crippen LogP contribution >= 0.6 is 0 Å². The van der Waals surface area contributed by atoms with Crippen molar-refractivity contribution in [1.29, 1.82) is 0 Å². The van der Waals surface area contributed by atoms with Crippen molar-refractivity contribution in [3.05, 3.63) is 28.6 Å². The Bertz CT molecular complexity index is 642. The number of rotatable bonds is 2. The highest BCUT2D eigenvalue weighted by molar-refractivity contribution is 5.96. The summed E-state index contributed by atoms with van der Waals surface area (Å²) in [6, 6.07) is 0.361. The number of carbonyl (C=O) groups excluding carboxylic acids is 1. The quantitative estimate of drug-likeness (QED) is 0.787. The Labute approximate surface area is 127 Å². The number of allylic oxidation sites excluding steroid dienone is 1. The third-order valence-corrected chi connectivity index (χ3v) is 5.11. The molecule has 118 valence electrons. The minimum atomic E-state index is -2.72. The summed E-state index contributed by atoms with van der Waals surface area (Å²) in [5, 5.41) is 3.76. The summed E-state index contributed by atoms with van der Waals surface area (Å²) >= 11 is 0. The molecule has 3 heterocycles. The monoisotopic (exact) mass is 307 g/mol. The molecule has 1 aromatic heterocycles. The van der Waals surface area contributed by atoms with E-state index in [1.807, 2.05) is 4.90 Å². The number of alkyl halides is 2. The van der Waals surface area contributed by atoms with Crippen molar-refractivity contribution in [2.45, 2.75) is 57.0 Å². The minimum absolute atomic E-state index is 0.0666. The number of piperidine rings is 1. The standard InChI is InChI=1S/C16H19F2N3O/c1-20-8-13(14(19-20)15(17)18)16(22)21-11-4-5-12(21)7-10(6-11)9-2-3-9/h8,11-12,15H,2-7H2,1H3. The molecule has 0 spiro atoms. The van der Waals surface area contributed by atoms with Gasteiger partial charge in [-0.1, -0.05) is 11.1 Å². The lowest BCUT2D eigenvalue weighted by atomic mass is 9.95. The van der Waals surface area contributed by atoms with Gasteiger partial charge in [-0.3, -0.25) is 9.48 Å². The van der Waals surface area contributed by atoms with E-state index in [4.69, 9.17) is 0 Å². The van der Waals surface area contributed by atoms with Gasteiger partial charge < -0.3 is 4.90 Å². The Kier molecular flexibility index (Phi) is 3.09. The van der Waals surface area contributed by atoms with E-state index in [2.05, 4.69) is 5.10 Å². The van der Waals surface area contributed by atoms with Gasteiger partial charge in [0.05, 0.1) is 5.56 Å². The van der Waals surface area contributed by atoms with E-state index in [1.54, 1.807) is 12.6 Å². The van der Waals surface area contributed by atoms with Gasteiger partial charge >= 0.3 is 0 Å². The zero-order valence-electron chi connectivity index (χ0n) is 12.6. The minimum Gasteiger partial charge on any atom is -0.332 e. The van der Waals surface area contributed by atoms with E-state index in [9.17, 15) is 13.6 Å². The first-order valence-electron chi connectivity index (χ1n) is 7.88. The molecule has 1 amide bonds. The van der Waals surface area contributed by atoms with Gasteiger partial charge in [-0.15, -0.1) is 0 Å². The van der Waals surface area contributed by atoms with Gasteiger partial charge in [0.15, 0.2) is 0 Å². The van der Waals surface area contributed by atoms with E-state index >= 15 is 0 Å². The molecule has 0 aromatic carbocycles. The van der Waals surface area contributed by atoms with Gasteiger partial charge in [-0.25, -0.2) is 8.78 Å². The van der Waals surface area contributed by atoms with Crippen molar-refractivity contribution in [1.82, 2.24) is 14.7 Å². The number of hydrogen-bond acceptors (Lipinski definition) is 2. The second-order valence-electron chi connectivity index (χ2n) is 6.62. The smallest absolute Gasteiger partial charge is 0.282 e. The van der Waals surface area contributed by atoms with Crippen LogP contribution in [0.15, 0.2) is 17.3 Å².